The highest BCUT2D eigenvalue weighted by Gasteiger charge is 2.31. The first-order chi connectivity index (χ1) is 9.54. The topological polar surface area (TPSA) is 41.5 Å². The minimum absolute atomic E-state index is 0.113. The number of aryl methyl sites for hydroxylation is 1. The minimum atomic E-state index is -0.284. The molecule has 1 saturated carbocycles. The van der Waals surface area contributed by atoms with Gasteiger partial charge in [-0.15, -0.1) is 0 Å². The van der Waals surface area contributed by atoms with E-state index in [-0.39, 0.29) is 18.0 Å². The normalized spacial score (nSPS) is 17.8. The summed E-state index contributed by atoms with van der Waals surface area (Å²) in [6, 6.07) is 5.73. The second-order valence-corrected chi connectivity index (χ2v) is 5.98. The van der Waals surface area contributed by atoms with E-state index >= 15 is 0 Å². The number of ether oxygens (including phenoxy) is 1. The van der Waals surface area contributed by atoms with Crippen molar-refractivity contribution in [3.63, 3.8) is 0 Å². The first-order valence-electron chi connectivity index (χ1n) is 7.30. The third-order valence-corrected chi connectivity index (χ3v) is 3.77. The number of halogens is 1. The van der Waals surface area contributed by atoms with Crippen molar-refractivity contribution < 1.29 is 14.2 Å². The average molecular weight is 281 g/mol. The van der Waals surface area contributed by atoms with E-state index in [4.69, 9.17) is 4.74 Å². The highest BCUT2D eigenvalue weighted by atomic mass is 19.1. The van der Waals surface area contributed by atoms with E-state index in [9.17, 15) is 9.50 Å². The molecule has 20 heavy (non-hydrogen) atoms. The molecule has 112 valence electrons. The Bertz CT molecular complexity index is 448. The number of benzene rings is 1. The lowest BCUT2D eigenvalue weighted by Gasteiger charge is -2.29. The van der Waals surface area contributed by atoms with E-state index in [1.807, 2.05) is 6.92 Å². The summed E-state index contributed by atoms with van der Waals surface area (Å²) >= 11 is 0. The molecule has 1 aliphatic rings. The molecule has 3 nitrogen and oxygen atoms in total. The molecule has 0 aliphatic heterocycles. The fourth-order valence-electron chi connectivity index (χ4n) is 2.29. The van der Waals surface area contributed by atoms with Gasteiger partial charge in [0.15, 0.2) is 11.6 Å². The number of aliphatic hydroxyl groups excluding tert-OH is 1. The van der Waals surface area contributed by atoms with Gasteiger partial charge in [0.25, 0.3) is 0 Å². The molecule has 1 aromatic carbocycles. The lowest BCUT2D eigenvalue weighted by atomic mass is 9.97. The number of hydrogen-bond donors (Lipinski definition) is 2. The zero-order chi connectivity index (χ0) is 14.6. The van der Waals surface area contributed by atoms with Crippen molar-refractivity contribution in [1.82, 2.24) is 5.32 Å². The van der Waals surface area contributed by atoms with Crippen LogP contribution < -0.4 is 10.1 Å². The lowest BCUT2D eigenvalue weighted by molar-refractivity contribution is 0.153. The highest BCUT2D eigenvalue weighted by molar-refractivity contribution is 5.29. The molecule has 1 unspecified atom stereocenters. The van der Waals surface area contributed by atoms with Crippen LogP contribution in [-0.2, 0) is 0 Å². The van der Waals surface area contributed by atoms with Gasteiger partial charge in [0.2, 0.25) is 0 Å². The fraction of sp³-hybridized carbons (Fsp3) is 0.625. The zero-order valence-electron chi connectivity index (χ0n) is 12.3. The van der Waals surface area contributed by atoms with Crippen LogP contribution in [0.5, 0.6) is 5.75 Å². The van der Waals surface area contributed by atoms with E-state index < -0.39 is 0 Å². The third-order valence-electron chi connectivity index (χ3n) is 3.77. The van der Waals surface area contributed by atoms with E-state index in [1.54, 1.807) is 25.1 Å². The summed E-state index contributed by atoms with van der Waals surface area (Å²) in [5, 5.41) is 13.0. The lowest BCUT2D eigenvalue weighted by Crippen LogP contribution is -2.47. The molecule has 1 atom stereocenters. The van der Waals surface area contributed by atoms with Gasteiger partial charge in [-0.25, -0.2) is 4.39 Å². The molecule has 0 saturated heterocycles. The maximum absolute atomic E-state index is 13.7. The Balaban J connectivity index is 1.76. The van der Waals surface area contributed by atoms with Crippen molar-refractivity contribution in [1.29, 1.82) is 0 Å². The molecular weight excluding hydrogens is 257 g/mol. The SMILES string of the molecule is Cc1cccc(OCCCC(C)(CO)NC2CC2)c1F. The molecule has 0 heterocycles. The quantitative estimate of drug-likeness (QED) is 0.720. The van der Waals surface area contributed by atoms with Crippen LogP contribution >= 0.6 is 0 Å². The number of aliphatic hydroxyl groups is 1. The molecule has 0 radical (unpaired) electrons. The molecular formula is C16H24FNO2. The predicted molar refractivity (Wildman–Crippen MR) is 77.5 cm³/mol. The Morgan fingerprint density at radius 2 is 2.20 bits per heavy atom. The van der Waals surface area contributed by atoms with Crippen molar-refractivity contribution in [2.45, 2.75) is 51.1 Å². The van der Waals surface area contributed by atoms with Crippen molar-refractivity contribution in [3.8, 4) is 5.75 Å². The molecule has 0 aromatic heterocycles. The van der Waals surface area contributed by atoms with E-state index in [0.717, 1.165) is 12.8 Å². The monoisotopic (exact) mass is 281 g/mol. The number of hydrogen-bond acceptors (Lipinski definition) is 3. The summed E-state index contributed by atoms with van der Waals surface area (Å²) in [5.41, 5.74) is 0.341. The minimum Gasteiger partial charge on any atom is -0.491 e. The van der Waals surface area contributed by atoms with Gasteiger partial charge in [-0.05, 0) is 51.2 Å². The van der Waals surface area contributed by atoms with Crippen LogP contribution in [0.3, 0.4) is 0 Å². The van der Waals surface area contributed by atoms with Gasteiger partial charge in [-0.2, -0.15) is 0 Å². The summed E-state index contributed by atoms with van der Waals surface area (Å²) < 4.78 is 19.2. The fourth-order valence-corrected chi connectivity index (χ4v) is 2.29. The van der Waals surface area contributed by atoms with Gasteiger partial charge < -0.3 is 15.2 Å². The molecule has 2 N–H and O–H groups in total. The summed E-state index contributed by atoms with van der Waals surface area (Å²) in [7, 11) is 0. The Morgan fingerprint density at radius 1 is 1.45 bits per heavy atom. The molecule has 1 aromatic rings. The first kappa shape index (κ1) is 15.3. The highest BCUT2D eigenvalue weighted by Crippen LogP contribution is 2.25. The van der Waals surface area contributed by atoms with Gasteiger partial charge in [-0.1, -0.05) is 12.1 Å². The zero-order valence-corrected chi connectivity index (χ0v) is 12.3. The maximum Gasteiger partial charge on any atom is 0.167 e. The molecule has 2 rings (SSSR count). The first-order valence-corrected chi connectivity index (χ1v) is 7.30. The van der Waals surface area contributed by atoms with E-state index in [2.05, 4.69) is 5.32 Å². The third kappa shape index (κ3) is 4.18. The summed E-state index contributed by atoms with van der Waals surface area (Å²) in [5.74, 6) is 0.0272. The van der Waals surface area contributed by atoms with Gasteiger partial charge in [0.05, 0.1) is 13.2 Å². The van der Waals surface area contributed by atoms with E-state index in [0.29, 0.717) is 24.0 Å². The van der Waals surface area contributed by atoms with Crippen molar-refractivity contribution >= 4 is 0 Å². The van der Waals surface area contributed by atoms with Crippen molar-refractivity contribution in [2.75, 3.05) is 13.2 Å². The maximum atomic E-state index is 13.7. The van der Waals surface area contributed by atoms with Crippen LogP contribution in [0.1, 0.15) is 38.2 Å². The van der Waals surface area contributed by atoms with Crippen LogP contribution in [0.25, 0.3) is 0 Å². The second kappa shape index (κ2) is 6.55. The Labute approximate surface area is 120 Å². The van der Waals surface area contributed by atoms with Crippen LogP contribution in [0.15, 0.2) is 18.2 Å². The van der Waals surface area contributed by atoms with Crippen molar-refractivity contribution in [3.05, 3.63) is 29.6 Å². The predicted octanol–water partition coefficient (Wildman–Crippen LogP) is 2.80. The van der Waals surface area contributed by atoms with Crippen LogP contribution in [-0.4, -0.2) is 29.9 Å². The molecule has 1 fully saturated rings. The van der Waals surface area contributed by atoms with E-state index in [1.165, 1.54) is 12.8 Å². The number of nitrogens with one attached hydrogen (secondary N) is 1. The van der Waals surface area contributed by atoms with Crippen LogP contribution in [0.4, 0.5) is 4.39 Å². The Kier molecular flexibility index (Phi) is 5.00. The molecule has 0 bridgehead atoms. The van der Waals surface area contributed by atoms with Crippen LogP contribution in [0.2, 0.25) is 0 Å². The van der Waals surface area contributed by atoms with Crippen molar-refractivity contribution in [2.24, 2.45) is 0 Å². The van der Waals surface area contributed by atoms with Crippen LogP contribution in [0, 0.1) is 12.7 Å². The summed E-state index contributed by atoms with van der Waals surface area (Å²) in [6.07, 6.45) is 3.98. The van der Waals surface area contributed by atoms with Gasteiger partial charge in [0, 0.05) is 11.6 Å². The van der Waals surface area contributed by atoms with Gasteiger partial charge in [0.1, 0.15) is 0 Å². The molecule has 0 amide bonds. The van der Waals surface area contributed by atoms with Gasteiger partial charge >= 0.3 is 0 Å². The smallest absolute Gasteiger partial charge is 0.167 e. The summed E-state index contributed by atoms with van der Waals surface area (Å²) in [6.45, 7) is 4.33. The Morgan fingerprint density at radius 3 is 2.85 bits per heavy atom. The Hall–Kier alpha value is -1.13. The van der Waals surface area contributed by atoms with Gasteiger partial charge in [-0.3, -0.25) is 0 Å². The molecule has 4 heteroatoms. The standard InChI is InChI=1S/C16H24FNO2/c1-12-5-3-6-14(15(12)17)20-10-4-9-16(2,11-19)18-13-7-8-13/h3,5-6,13,18-19H,4,7-11H2,1-2H3. The summed E-state index contributed by atoms with van der Waals surface area (Å²) in [4.78, 5) is 0. The molecule has 0 spiro atoms. The molecule has 1 aliphatic carbocycles. The second-order valence-electron chi connectivity index (χ2n) is 5.98. The largest absolute Gasteiger partial charge is 0.491 e. The average Bonchev–Trinajstić information content (AvgIpc) is 3.23. The number of rotatable bonds is 8.